The molecule has 0 unspecified atom stereocenters. The molecule has 0 radical (unpaired) electrons. The van der Waals surface area contributed by atoms with E-state index in [0.717, 1.165) is 48.1 Å². The smallest absolute Gasteiger partial charge is 0.341 e. The number of anilines is 1. The molecule has 214 valence electrons. The summed E-state index contributed by atoms with van der Waals surface area (Å²) in [5.41, 5.74) is 0.223. The van der Waals surface area contributed by atoms with Gasteiger partial charge in [0.2, 0.25) is 5.95 Å². The lowest BCUT2D eigenvalue weighted by molar-refractivity contribution is -0.137. The van der Waals surface area contributed by atoms with Gasteiger partial charge in [-0.15, -0.1) is 11.3 Å². The van der Waals surface area contributed by atoms with Crippen LogP contribution in [0, 0.1) is 5.92 Å². The van der Waals surface area contributed by atoms with Crippen LogP contribution in [0.3, 0.4) is 0 Å². The van der Waals surface area contributed by atoms with Crippen molar-refractivity contribution in [3.05, 3.63) is 63.3 Å². The van der Waals surface area contributed by atoms with Crippen molar-refractivity contribution in [3.63, 3.8) is 0 Å². The minimum absolute atomic E-state index is 0.146. The van der Waals surface area contributed by atoms with E-state index >= 15 is 0 Å². The minimum Gasteiger partial charge on any atom is -0.341 e. The number of halogens is 3. The second kappa shape index (κ2) is 12.1. The lowest BCUT2D eigenvalue weighted by atomic mass is 9.97. The number of carbonyl (C=O) groups excluding carboxylic acids is 3. The molecule has 14 heteroatoms. The van der Waals surface area contributed by atoms with E-state index in [-0.39, 0.29) is 28.6 Å². The first-order valence-electron chi connectivity index (χ1n) is 12.8. The van der Waals surface area contributed by atoms with Gasteiger partial charge in [-0.25, -0.2) is 9.97 Å². The number of hydrogen-bond donors (Lipinski definition) is 2. The summed E-state index contributed by atoms with van der Waals surface area (Å²) < 4.78 is 40.8. The average Bonchev–Trinajstić information content (AvgIpc) is 3.55. The van der Waals surface area contributed by atoms with Gasteiger partial charge in [0, 0.05) is 25.8 Å². The lowest BCUT2D eigenvalue weighted by Gasteiger charge is -2.32. The molecule has 0 atom stereocenters. The number of ketones is 1. The molecule has 2 aliphatic rings. The molecule has 3 aromatic rings. The summed E-state index contributed by atoms with van der Waals surface area (Å²) in [7, 11) is 0. The molecule has 9 nitrogen and oxygen atoms in total. The summed E-state index contributed by atoms with van der Waals surface area (Å²) in [5.74, 6) is 0.246. The van der Waals surface area contributed by atoms with Crippen LogP contribution in [-0.4, -0.2) is 51.5 Å². The maximum absolute atomic E-state index is 13.6. The quantitative estimate of drug-likeness (QED) is 0.267. The Kier molecular flexibility index (Phi) is 8.52. The molecule has 5 heterocycles. The van der Waals surface area contributed by atoms with Crippen LogP contribution < -0.4 is 15.5 Å². The fraction of sp³-hybridized carbons (Fsp3) is 0.333. The van der Waals surface area contributed by atoms with E-state index in [1.807, 2.05) is 4.90 Å². The van der Waals surface area contributed by atoms with Crippen LogP contribution in [0.1, 0.15) is 46.4 Å². The summed E-state index contributed by atoms with van der Waals surface area (Å²) in [6.45, 7) is 3.60. The van der Waals surface area contributed by atoms with Crippen LogP contribution in [0.2, 0.25) is 0 Å². The molecule has 0 bridgehead atoms. The zero-order chi connectivity index (χ0) is 29.1. The summed E-state index contributed by atoms with van der Waals surface area (Å²) >= 11 is 1.95. The number of imide groups is 1. The second-order valence-corrected chi connectivity index (χ2v) is 11.7. The third kappa shape index (κ3) is 7.18. The van der Waals surface area contributed by atoms with E-state index in [1.165, 1.54) is 6.92 Å². The fourth-order valence-corrected chi connectivity index (χ4v) is 6.05. The van der Waals surface area contributed by atoms with E-state index in [2.05, 4.69) is 25.6 Å². The van der Waals surface area contributed by atoms with Crippen LogP contribution in [0.5, 0.6) is 0 Å². The number of piperidine rings is 1. The molecule has 0 spiro atoms. The summed E-state index contributed by atoms with van der Waals surface area (Å²) in [6, 6.07) is 6.96. The SMILES string of the molecule is CC(=O)c1ccc(-c2cc(C(F)(F)F)cc(CNCC3CCN(c4nccc(C=C5SC(=O)NC5=O)n4)CC3)n2)s1. The molecular formula is C27H25F3N6O3S2. The summed E-state index contributed by atoms with van der Waals surface area (Å²) in [5, 5.41) is 5.06. The molecule has 2 aliphatic heterocycles. The van der Waals surface area contributed by atoms with Gasteiger partial charge in [-0.1, -0.05) is 0 Å². The Morgan fingerprint density at radius 3 is 2.61 bits per heavy atom. The first-order chi connectivity index (χ1) is 19.5. The van der Waals surface area contributed by atoms with Crippen molar-refractivity contribution in [2.45, 2.75) is 32.5 Å². The Hall–Kier alpha value is -3.62. The monoisotopic (exact) mass is 602 g/mol. The predicted octanol–water partition coefficient (Wildman–Crippen LogP) is 5.15. The highest BCUT2D eigenvalue weighted by molar-refractivity contribution is 8.18. The lowest BCUT2D eigenvalue weighted by Crippen LogP contribution is -2.38. The Bertz CT molecular complexity index is 1520. The molecule has 2 saturated heterocycles. The minimum atomic E-state index is -4.52. The number of amides is 2. The van der Waals surface area contributed by atoms with Crippen molar-refractivity contribution >= 4 is 52.1 Å². The third-order valence-electron chi connectivity index (χ3n) is 6.63. The number of alkyl halides is 3. The van der Waals surface area contributed by atoms with Crippen molar-refractivity contribution in [1.29, 1.82) is 0 Å². The molecule has 0 aliphatic carbocycles. The number of hydrogen-bond acceptors (Lipinski definition) is 10. The molecule has 2 fully saturated rings. The van der Waals surface area contributed by atoms with Crippen molar-refractivity contribution in [2.75, 3.05) is 24.5 Å². The second-order valence-electron chi connectivity index (χ2n) is 9.65. The van der Waals surface area contributed by atoms with E-state index < -0.39 is 22.9 Å². The Morgan fingerprint density at radius 2 is 1.95 bits per heavy atom. The molecule has 3 aromatic heterocycles. The number of aromatic nitrogens is 3. The fourth-order valence-electron chi connectivity index (χ4n) is 4.52. The van der Waals surface area contributed by atoms with Gasteiger partial charge in [-0.3, -0.25) is 24.7 Å². The normalized spacial score (nSPS) is 17.4. The number of rotatable bonds is 8. The first kappa shape index (κ1) is 28.9. The number of thioether (sulfide) groups is 1. The largest absolute Gasteiger partial charge is 0.416 e. The number of nitrogens with one attached hydrogen (secondary N) is 2. The van der Waals surface area contributed by atoms with Gasteiger partial charge in [0.05, 0.1) is 37.3 Å². The highest BCUT2D eigenvalue weighted by Crippen LogP contribution is 2.34. The van der Waals surface area contributed by atoms with Gasteiger partial charge >= 0.3 is 6.18 Å². The van der Waals surface area contributed by atoms with E-state index in [1.54, 1.807) is 30.5 Å². The maximum atomic E-state index is 13.6. The van der Waals surface area contributed by atoms with Gasteiger partial charge in [-0.2, -0.15) is 13.2 Å². The molecular weight excluding hydrogens is 577 g/mol. The zero-order valence-corrected chi connectivity index (χ0v) is 23.5. The number of carbonyl (C=O) groups is 3. The van der Waals surface area contributed by atoms with Crippen molar-refractivity contribution < 1.29 is 27.6 Å². The van der Waals surface area contributed by atoms with Crippen LogP contribution in [0.25, 0.3) is 16.6 Å². The topological polar surface area (TPSA) is 117 Å². The highest BCUT2D eigenvalue weighted by atomic mass is 32.2. The van der Waals surface area contributed by atoms with Crippen molar-refractivity contribution in [3.8, 4) is 10.6 Å². The highest BCUT2D eigenvalue weighted by Gasteiger charge is 2.32. The Labute approximate surface area is 241 Å². The molecule has 0 saturated carbocycles. The van der Waals surface area contributed by atoms with Gasteiger partial charge in [-0.05, 0) is 80.4 Å². The number of nitrogens with zero attached hydrogens (tertiary/aromatic N) is 4. The van der Waals surface area contributed by atoms with Gasteiger partial charge in [0.1, 0.15) is 0 Å². The zero-order valence-electron chi connectivity index (χ0n) is 21.8. The first-order valence-corrected chi connectivity index (χ1v) is 14.4. The molecule has 0 aromatic carbocycles. The molecule has 2 N–H and O–H groups in total. The maximum Gasteiger partial charge on any atom is 0.416 e. The van der Waals surface area contributed by atoms with E-state index in [9.17, 15) is 27.6 Å². The number of pyridine rings is 1. The molecule has 2 amide bonds. The standard InChI is InChI=1S/C27H25F3N6O3S2/c1-15(37)21-2-3-22(40-21)20-11-17(27(28,29)30)10-19(33-20)14-31-13-16-5-8-36(9-6-16)25-32-7-4-18(34-25)12-23-24(38)35-26(39)41-23/h2-4,7,10-12,16,31H,5-6,8-9,13-14H2,1H3,(H,35,38,39). The van der Waals surface area contributed by atoms with Crippen LogP contribution in [-0.2, 0) is 17.5 Å². The summed E-state index contributed by atoms with van der Waals surface area (Å²) in [4.78, 5) is 51.4. The van der Waals surface area contributed by atoms with E-state index in [0.29, 0.717) is 46.9 Å². The van der Waals surface area contributed by atoms with Crippen LogP contribution in [0.15, 0.2) is 41.4 Å². The van der Waals surface area contributed by atoms with Crippen molar-refractivity contribution in [1.82, 2.24) is 25.6 Å². The summed E-state index contributed by atoms with van der Waals surface area (Å²) in [6.07, 6.45) is 0.308. The van der Waals surface area contributed by atoms with Crippen LogP contribution >= 0.6 is 23.1 Å². The third-order valence-corrected chi connectivity index (χ3v) is 8.65. The molecule has 41 heavy (non-hydrogen) atoms. The Morgan fingerprint density at radius 1 is 1.17 bits per heavy atom. The van der Waals surface area contributed by atoms with Crippen LogP contribution in [0.4, 0.5) is 23.9 Å². The predicted molar refractivity (Wildman–Crippen MR) is 150 cm³/mol. The van der Waals surface area contributed by atoms with Crippen molar-refractivity contribution in [2.24, 2.45) is 5.92 Å². The Balaban J connectivity index is 1.17. The molecule has 5 rings (SSSR count). The number of thiophene rings is 1. The van der Waals surface area contributed by atoms with Gasteiger partial charge in [0.25, 0.3) is 11.1 Å². The van der Waals surface area contributed by atoms with E-state index in [4.69, 9.17) is 0 Å². The van der Waals surface area contributed by atoms with Gasteiger partial charge in [0.15, 0.2) is 5.78 Å². The van der Waals surface area contributed by atoms with Gasteiger partial charge < -0.3 is 10.2 Å². The number of Topliss-reactive ketones (excluding diaryl/α,β-unsaturated/α-hetero) is 1. The average molecular weight is 603 g/mol.